The molecule has 0 unspecified atom stereocenters. The lowest BCUT2D eigenvalue weighted by molar-refractivity contribution is 0.0950. The fourth-order valence-electron chi connectivity index (χ4n) is 2.45. The molecule has 2 heterocycles. The number of amides is 1. The van der Waals surface area contributed by atoms with Gasteiger partial charge in [0, 0.05) is 28.7 Å². The minimum absolute atomic E-state index is 0.185. The van der Waals surface area contributed by atoms with Crippen molar-refractivity contribution in [3.05, 3.63) is 50.7 Å². The second kappa shape index (κ2) is 6.81. The van der Waals surface area contributed by atoms with E-state index in [1.165, 1.54) is 5.69 Å². The zero-order valence-electron chi connectivity index (χ0n) is 11.8. The highest BCUT2D eigenvalue weighted by Gasteiger charge is 2.15. The molecule has 0 bridgehead atoms. The molecule has 1 aromatic carbocycles. The van der Waals surface area contributed by atoms with Crippen molar-refractivity contribution in [2.45, 2.75) is 19.6 Å². The van der Waals surface area contributed by atoms with E-state index in [-0.39, 0.29) is 5.91 Å². The highest BCUT2D eigenvalue weighted by Crippen LogP contribution is 2.21. The third-order valence-corrected chi connectivity index (χ3v) is 4.38. The van der Waals surface area contributed by atoms with E-state index in [9.17, 15) is 4.79 Å². The number of nitrogens with zero attached hydrogens (tertiary/aromatic N) is 2. The predicted molar refractivity (Wildman–Crippen MR) is 87.1 cm³/mol. The van der Waals surface area contributed by atoms with Gasteiger partial charge in [0.25, 0.3) is 5.91 Å². The average Bonchev–Trinajstić information content (AvgIpc) is 2.93. The molecule has 0 saturated heterocycles. The maximum Gasteiger partial charge on any atom is 0.252 e. The van der Waals surface area contributed by atoms with Crippen LogP contribution in [0.3, 0.4) is 0 Å². The molecule has 22 heavy (non-hydrogen) atoms. The lowest BCUT2D eigenvalue weighted by atomic mass is 10.2. The van der Waals surface area contributed by atoms with Crippen LogP contribution in [0, 0.1) is 0 Å². The lowest BCUT2D eigenvalue weighted by Crippen LogP contribution is -2.28. The van der Waals surface area contributed by atoms with Crippen molar-refractivity contribution < 1.29 is 9.53 Å². The number of benzene rings is 1. The van der Waals surface area contributed by atoms with E-state index in [2.05, 4.69) is 26.3 Å². The Labute approximate surface area is 141 Å². The van der Waals surface area contributed by atoms with Gasteiger partial charge in [-0.25, -0.2) is 0 Å². The van der Waals surface area contributed by atoms with Gasteiger partial charge in [-0.2, -0.15) is 5.10 Å². The second-order valence-electron chi connectivity index (χ2n) is 5.02. The summed E-state index contributed by atoms with van der Waals surface area (Å²) in [6.45, 7) is 2.47. The number of rotatable bonds is 4. The summed E-state index contributed by atoms with van der Waals surface area (Å²) in [6.07, 6.45) is 2.70. The molecule has 5 nitrogen and oxygen atoms in total. The van der Waals surface area contributed by atoms with E-state index in [1.54, 1.807) is 18.2 Å². The first-order valence-electron chi connectivity index (χ1n) is 6.99. The van der Waals surface area contributed by atoms with Gasteiger partial charge in [-0.05, 0) is 18.2 Å². The zero-order valence-corrected chi connectivity index (χ0v) is 14.2. The molecule has 1 amide bonds. The largest absolute Gasteiger partial charge is 0.376 e. The number of nitrogens with one attached hydrogen (secondary N) is 1. The van der Waals surface area contributed by atoms with Crippen LogP contribution in [-0.4, -0.2) is 28.8 Å². The predicted octanol–water partition coefficient (Wildman–Crippen LogP) is 2.80. The Morgan fingerprint density at radius 1 is 1.50 bits per heavy atom. The summed E-state index contributed by atoms with van der Waals surface area (Å²) in [5, 5.41) is 7.67. The van der Waals surface area contributed by atoms with Crippen molar-refractivity contribution in [2.24, 2.45) is 0 Å². The van der Waals surface area contributed by atoms with Crippen LogP contribution in [0.2, 0.25) is 5.02 Å². The van der Waals surface area contributed by atoms with E-state index < -0.39 is 0 Å². The smallest absolute Gasteiger partial charge is 0.252 e. The molecular formula is C15H15BrClN3O2. The summed E-state index contributed by atoms with van der Waals surface area (Å²) in [5.74, 6) is -0.185. The number of hydrogen-bond acceptors (Lipinski definition) is 3. The van der Waals surface area contributed by atoms with Crippen LogP contribution in [0.1, 0.15) is 21.6 Å². The number of carbonyl (C=O) groups excluding carboxylic acids is 1. The SMILES string of the molecule is O=C(NCCn1ncc2c1CCOC2)c1cc(Br)ccc1Cl. The van der Waals surface area contributed by atoms with Crippen molar-refractivity contribution in [1.29, 1.82) is 0 Å². The standard InChI is InChI=1S/C15H15BrClN3O2/c16-11-1-2-13(17)12(7-11)15(21)18-4-5-20-14-3-6-22-9-10(14)8-19-20/h1-2,7-8H,3-6,9H2,(H,18,21). The van der Waals surface area contributed by atoms with Crippen LogP contribution in [0.5, 0.6) is 0 Å². The summed E-state index contributed by atoms with van der Waals surface area (Å²) in [7, 11) is 0. The van der Waals surface area contributed by atoms with E-state index in [0.717, 1.165) is 23.1 Å². The Hall–Kier alpha value is -1.37. The molecule has 0 radical (unpaired) electrons. The second-order valence-corrected chi connectivity index (χ2v) is 6.35. The lowest BCUT2D eigenvalue weighted by Gasteiger charge is -2.15. The molecule has 1 aliphatic rings. The van der Waals surface area contributed by atoms with E-state index in [0.29, 0.717) is 30.3 Å². The number of halogens is 2. The Bertz CT molecular complexity index is 702. The normalized spacial score (nSPS) is 13.7. The number of fused-ring (bicyclic) bond motifs is 1. The first-order valence-corrected chi connectivity index (χ1v) is 8.17. The molecule has 0 fully saturated rings. The van der Waals surface area contributed by atoms with Crippen molar-refractivity contribution in [1.82, 2.24) is 15.1 Å². The van der Waals surface area contributed by atoms with Crippen LogP contribution in [0.4, 0.5) is 0 Å². The van der Waals surface area contributed by atoms with E-state index >= 15 is 0 Å². The van der Waals surface area contributed by atoms with E-state index in [4.69, 9.17) is 16.3 Å². The van der Waals surface area contributed by atoms with Gasteiger partial charge in [0.2, 0.25) is 0 Å². The molecule has 0 spiro atoms. The summed E-state index contributed by atoms with van der Waals surface area (Å²) in [4.78, 5) is 12.2. The third-order valence-electron chi connectivity index (χ3n) is 3.56. The molecule has 116 valence electrons. The molecule has 2 aromatic rings. The van der Waals surface area contributed by atoms with E-state index in [1.807, 2.05) is 10.9 Å². The Balaban J connectivity index is 1.60. The summed E-state index contributed by atoms with van der Waals surface area (Å²) >= 11 is 9.39. The van der Waals surface area contributed by atoms with Crippen molar-refractivity contribution in [3.8, 4) is 0 Å². The fourth-order valence-corrected chi connectivity index (χ4v) is 3.01. The molecule has 0 aliphatic carbocycles. The van der Waals surface area contributed by atoms with Crippen LogP contribution in [0.15, 0.2) is 28.9 Å². The highest BCUT2D eigenvalue weighted by molar-refractivity contribution is 9.10. The third kappa shape index (κ3) is 3.34. The topological polar surface area (TPSA) is 56.2 Å². The number of hydrogen-bond donors (Lipinski definition) is 1. The van der Waals surface area contributed by atoms with Gasteiger partial charge in [-0.1, -0.05) is 27.5 Å². The van der Waals surface area contributed by atoms with Crippen molar-refractivity contribution >= 4 is 33.4 Å². The van der Waals surface area contributed by atoms with Gasteiger partial charge in [-0.15, -0.1) is 0 Å². The molecule has 7 heteroatoms. The Kier molecular flexibility index (Phi) is 4.81. The first-order chi connectivity index (χ1) is 10.6. The monoisotopic (exact) mass is 383 g/mol. The van der Waals surface area contributed by atoms with Crippen LogP contribution in [0.25, 0.3) is 0 Å². The highest BCUT2D eigenvalue weighted by atomic mass is 79.9. The van der Waals surface area contributed by atoms with Crippen molar-refractivity contribution in [2.75, 3.05) is 13.2 Å². The Morgan fingerprint density at radius 2 is 2.36 bits per heavy atom. The molecule has 0 atom stereocenters. The van der Waals surface area contributed by atoms with Crippen LogP contribution in [-0.2, 0) is 24.3 Å². The number of ether oxygens (including phenoxy) is 1. The molecule has 1 aliphatic heterocycles. The molecule has 1 N–H and O–H groups in total. The minimum Gasteiger partial charge on any atom is -0.376 e. The average molecular weight is 385 g/mol. The summed E-state index contributed by atoms with van der Waals surface area (Å²) in [6, 6.07) is 5.21. The summed E-state index contributed by atoms with van der Waals surface area (Å²) in [5.41, 5.74) is 2.79. The molecule has 1 aromatic heterocycles. The van der Waals surface area contributed by atoms with Crippen molar-refractivity contribution in [3.63, 3.8) is 0 Å². The maximum absolute atomic E-state index is 12.2. The Morgan fingerprint density at radius 3 is 3.23 bits per heavy atom. The van der Waals surface area contributed by atoms with Gasteiger partial charge in [0.15, 0.2) is 0 Å². The molecule has 0 saturated carbocycles. The van der Waals surface area contributed by atoms with Gasteiger partial charge >= 0.3 is 0 Å². The van der Waals surface area contributed by atoms with Gasteiger partial charge in [0.05, 0.1) is 36.5 Å². The quantitative estimate of drug-likeness (QED) is 0.882. The zero-order chi connectivity index (χ0) is 15.5. The van der Waals surface area contributed by atoms with Crippen LogP contribution >= 0.6 is 27.5 Å². The van der Waals surface area contributed by atoms with Crippen LogP contribution < -0.4 is 5.32 Å². The van der Waals surface area contributed by atoms with Gasteiger partial charge in [-0.3, -0.25) is 9.48 Å². The van der Waals surface area contributed by atoms with Gasteiger partial charge < -0.3 is 10.1 Å². The number of aromatic nitrogens is 2. The first kappa shape index (κ1) is 15.5. The van der Waals surface area contributed by atoms with Gasteiger partial charge in [0.1, 0.15) is 0 Å². The maximum atomic E-state index is 12.2. The fraction of sp³-hybridized carbons (Fsp3) is 0.333. The minimum atomic E-state index is -0.185. The number of carbonyl (C=O) groups is 1. The molecule has 3 rings (SSSR count). The summed E-state index contributed by atoms with van der Waals surface area (Å²) < 4.78 is 8.15. The molecular weight excluding hydrogens is 370 g/mol.